The summed E-state index contributed by atoms with van der Waals surface area (Å²) in [5.74, 6) is -2.77. The molecule has 0 unspecified atom stereocenters. The lowest BCUT2D eigenvalue weighted by molar-refractivity contribution is -0.147. The summed E-state index contributed by atoms with van der Waals surface area (Å²) >= 11 is 0. The Hall–Kier alpha value is -2.37. The number of carboxylic acids is 1. The normalized spacial score (nSPS) is 21.0. The number of carbonyl (C=O) groups is 3. The Balaban J connectivity index is 2.04. The Morgan fingerprint density at radius 1 is 1.09 bits per heavy atom. The van der Waals surface area contributed by atoms with Crippen LogP contribution >= 0.6 is 0 Å². The third-order valence-corrected chi connectivity index (χ3v) is 3.99. The summed E-state index contributed by atoms with van der Waals surface area (Å²) in [6, 6.07) is 6.31. The molecule has 2 atom stereocenters. The van der Waals surface area contributed by atoms with Gasteiger partial charge >= 0.3 is 11.9 Å². The van der Waals surface area contributed by atoms with E-state index in [1.807, 2.05) is 0 Å². The molecule has 118 valence electrons. The highest BCUT2D eigenvalue weighted by Gasteiger charge is 2.35. The van der Waals surface area contributed by atoms with Crippen LogP contribution in [-0.4, -0.2) is 30.1 Å². The maximum Gasteiger partial charge on any atom is 0.337 e. The molecule has 1 aliphatic rings. The van der Waals surface area contributed by atoms with Crippen LogP contribution in [0.4, 0.5) is 5.69 Å². The van der Waals surface area contributed by atoms with Gasteiger partial charge in [-0.1, -0.05) is 12.8 Å². The van der Waals surface area contributed by atoms with E-state index in [1.165, 1.54) is 7.11 Å². The highest BCUT2D eigenvalue weighted by Crippen LogP contribution is 2.31. The lowest BCUT2D eigenvalue weighted by Gasteiger charge is -2.27. The van der Waals surface area contributed by atoms with Gasteiger partial charge in [-0.2, -0.15) is 0 Å². The maximum atomic E-state index is 12.3. The smallest absolute Gasteiger partial charge is 0.337 e. The van der Waals surface area contributed by atoms with E-state index in [1.54, 1.807) is 24.3 Å². The fourth-order valence-corrected chi connectivity index (χ4v) is 2.78. The first kappa shape index (κ1) is 16.0. The van der Waals surface area contributed by atoms with Crippen molar-refractivity contribution in [1.82, 2.24) is 0 Å². The molecule has 0 saturated heterocycles. The SMILES string of the molecule is COC(=O)c1ccc(NC(=O)[C@@H]2CCCC[C@H]2C(=O)O)cc1. The minimum Gasteiger partial charge on any atom is -0.481 e. The van der Waals surface area contributed by atoms with E-state index in [2.05, 4.69) is 10.1 Å². The van der Waals surface area contributed by atoms with E-state index in [-0.39, 0.29) is 5.91 Å². The van der Waals surface area contributed by atoms with Crippen LogP contribution in [0.1, 0.15) is 36.0 Å². The van der Waals surface area contributed by atoms with Crippen molar-refractivity contribution >= 4 is 23.5 Å². The fraction of sp³-hybridized carbons (Fsp3) is 0.438. The Morgan fingerprint density at radius 2 is 1.68 bits per heavy atom. The lowest BCUT2D eigenvalue weighted by atomic mass is 9.78. The predicted molar refractivity (Wildman–Crippen MR) is 79.5 cm³/mol. The summed E-state index contributed by atoms with van der Waals surface area (Å²) in [5.41, 5.74) is 0.925. The van der Waals surface area contributed by atoms with Crippen LogP contribution in [0.25, 0.3) is 0 Å². The van der Waals surface area contributed by atoms with Crippen molar-refractivity contribution in [2.75, 3.05) is 12.4 Å². The van der Waals surface area contributed by atoms with Crippen LogP contribution in [0.2, 0.25) is 0 Å². The molecule has 0 bridgehead atoms. The topological polar surface area (TPSA) is 92.7 Å². The number of esters is 1. The number of ether oxygens (including phenoxy) is 1. The van der Waals surface area contributed by atoms with Gasteiger partial charge in [0.1, 0.15) is 0 Å². The zero-order valence-corrected chi connectivity index (χ0v) is 12.4. The highest BCUT2D eigenvalue weighted by molar-refractivity contribution is 5.96. The predicted octanol–water partition coefficient (Wildman–Crippen LogP) is 2.30. The number of rotatable bonds is 4. The molecule has 2 N–H and O–H groups in total. The van der Waals surface area contributed by atoms with Gasteiger partial charge in [-0.05, 0) is 37.1 Å². The second-order valence-corrected chi connectivity index (χ2v) is 5.39. The number of methoxy groups -OCH3 is 1. The number of aliphatic carboxylic acids is 1. The van der Waals surface area contributed by atoms with Crippen LogP contribution in [0.5, 0.6) is 0 Å². The second kappa shape index (κ2) is 7.06. The zero-order chi connectivity index (χ0) is 16.1. The van der Waals surface area contributed by atoms with Gasteiger partial charge in [-0.3, -0.25) is 9.59 Å². The Labute approximate surface area is 128 Å². The van der Waals surface area contributed by atoms with Crippen LogP contribution < -0.4 is 5.32 Å². The third-order valence-electron chi connectivity index (χ3n) is 3.99. The van der Waals surface area contributed by atoms with E-state index in [0.29, 0.717) is 24.1 Å². The molecule has 1 amide bonds. The summed E-state index contributed by atoms with van der Waals surface area (Å²) in [4.78, 5) is 34.9. The first-order valence-corrected chi connectivity index (χ1v) is 7.25. The molecule has 1 aliphatic carbocycles. The number of nitrogens with one attached hydrogen (secondary N) is 1. The first-order valence-electron chi connectivity index (χ1n) is 7.25. The van der Waals surface area contributed by atoms with E-state index < -0.39 is 23.8 Å². The van der Waals surface area contributed by atoms with Gasteiger partial charge in [0, 0.05) is 5.69 Å². The average molecular weight is 305 g/mol. The average Bonchev–Trinajstić information content (AvgIpc) is 2.54. The summed E-state index contributed by atoms with van der Waals surface area (Å²) in [5, 5.41) is 11.9. The van der Waals surface area contributed by atoms with Gasteiger partial charge in [0.25, 0.3) is 0 Å². The minimum atomic E-state index is -0.916. The lowest BCUT2D eigenvalue weighted by Crippen LogP contribution is -2.36. The summed E-state index contributed by atoms with van der Waals surface area (Å²) < 4.78 is 4.60. The van der Waals surface area contributed by atoms with Crippen molar-refractivity contribution in [3.8, 4) is 0 Å². The number of carbonyl (C=O) groups excluding carboxylic acids is 2. The van der Waals surface area contributed by atoms with Crippen LogP contribution in [0.3, 0.4) is 0 Å². The van der Waals surface area contributed by atoms with Crippen molar-refractivity contribution < 1.29 is 24.2 Å². The number of hydrogen-bond acceptors (Lipinski definition) is 4. The molecule has 6 heteroatoms. The monoisotopic (exact) mass is 305 g/mol. The van der Waals surface area contributed by atoms with Crippen molar-refractivity contribution in [2.45, 2.75) is 25.7 Å². The molecule has 0 spiro atoms. The summed E-state index contributed by atoms with van der Waals surface area (Å²) in [6.45, 7) is 0. The molecular formula is C16H19NO5. The van der Waals surface area contributed by atoms with Gasteiger partial charge in [0.2, 0.25) is 5.91 Å². The number of amides is 1. The maximum absolute atomic E-state index is 12.3. The molecule has 0 radical (unpaired) electrons. The molecule has 2 rings (SSSR count). The van der Waals surface area contributed by atoms with Crippen molar-refractivity contribution in [3.63, 3.8) is 0 Å². The van der Waals surface area contributed by atoms with Crippen LogP contribution in [-0.2, 0) is 14.3 Å². The van der Waals surface area contributed by atoms with Gasteiger partial charge in [0.15, 0.2) is 0 Å². The van der Waals surface area contributed by atoms with Crippen molar-refractivity contribution in [3.05, 3.63) is 29.8 Å². The molecule has 0 aromatic heterocycles. The van der Waals surface area contributed by atoms with Gasteiger partial charge in [0.05, 0.1) is 24.5 Å². The molecule has 1 fully saturated rings. The Bertz CT molecular complexity index is 566. The summed E-state index contributed by atoms with van der Waals surface area (Å²) in [7, 11) is 1.30. The Morgan fingerprint density at radius 3 is 2.23 bits per heavy atom. The zero-order valence-electron chi connectivity index (χ0n) is 12.4. The molecule has 1 aromatic rings. The molecule has 0 aliphatic heterocycles. The number of carboxylic acid groups (broad SMARTS) is 1. The van der Waals surface area contributed by atoms with Gasteiger partial charge in [-0.25, -0.2) is 4.79 Å². The van der Waals surface area contributed by atoms with E-state index in [0.717, 1.165) is 12.8 Å². The van der Waals surface area contributed by atoms with Gasteiger partial charge < -0.3 is 15.2 Å². The molecular weight excluding hydrogens is 286 g/mol. The Kier molecular flexibility index (Phi) is 5.14. The molecule has 22 heavy (non-hydrogen) atoms. The first-order chi connectivity index (χ1) is 10.5. The molecule has 0 heterocycles. The number of benzene rings is 1. The molecule has 1 aromatic carbocycles. The molecule has 6 nitrogen and oxygen atoms in total. The van der Waals surface area contributed by atoms with E-state index >= 15 is 0 Å². The third kappa shape index (κ3) is 3.63. The highest BCUT2D eigenvalue weighted by atomic mass is 16.5. The van der Waals surface area contributed by atoms with E-state index in [4.69, 9.17) is 0 Å². The summed E-state index contributed by atoms with van der Waals surface area (Å²) in [6.07, 6.45) is 2.83. The van der Waals surface area contributed by atoms with Crippen LogP contribution in [0, 0.1) is 11.8 Å². The second-order valence-electron chi connectivity index (χ2n) is 5.39. The quantitative estimate of drug-likeness (QED) is 0.833. The molecule has 1 saturated carbocycles. The fourth-order valence-electron chi connectivity index (χ4n) is 2.78. The van der Waals surface area contributed by atoms with Crippen molar-refractivity contribution in [2.24, 2.45) is 11.8 Å². The van der Waals surface area contributed by atoms with Crippen molar-refractivity contribution in [1.29, 1.82) is 0 Å². The van der Waals surface area contributed by atoms with Gasteiger partial charge in [-0.15, -0.1) is 0 Å². The standard InChI is InChI=1S/C16H19NO5/c1-22-16(21)10-6-8-11(9-7-10)17-14(18)12-4-2-3-5-13(12)15(19)20/h6-9,12-13H,2-5H2,1H3,(H,17,18)(H,19,20)/t12-,13-/m1/s1. The number of anilines is 1. The number of hydrogen-bond donors (Lipinski definition) is 2. The minimum absolute atomic E-state index is 0.280. The van der Waals surface area contributed by atoms with Crippen LogP contribution in [0.15, 0.2) is 24.3 Å². The largest absolute Gasteiger partial charge is 0.481 e. The van der Waals surface area contributed by atoms with E-state index in [9.17, 15) is 19.5 Å².